The van der Waals surface area contributed by atoms with Crippen molar-refractivity contribution in [2.75, 3.05) is 24.5 Å². The van der Waals surface area contributed by atoms with Gasteiger partial charge in [0.1, 0.15) is 0 Å². The molecular weight excluding hydrogens is 473 g/mol. The average Bonchev–Trinajstić information content (AvgIpc) is 2.83. The summed E-state index contributed by atoms with van der Waals surface area (Å²) in [5.41, 5.74) is 4.13. The second-order valence-electron chi connectivity index (χ2n) is 8.39. The Hall–Kier alpha value is -2.22. The van der Waals surface area contributed by atoms with Crippen molar-refractivity contribution in [3.63, 3.8) is 0 Å². The van der Waals surface area contributed by atoms with Gasteiger partial charge >= 0.3 is 0 Å². The first-order valence-corrected chi connectivity index (χ1v) is 12.3. The molecule has 0 spiro atoms. The third kappa shape index (κ3) is 5.48. The van der Waals surface area contributed by atoms with Gasteiger partial charge in [-0.25, -0.2) is 0 Å². The molecule has 3 aromatic carbocycles. The second-order valence-corrected chi connectivity index (χ2v) is 9.67. The average molecular weight is 499 g/mol. The van der Waals surface area contributed by atoms with E-state index in [1.807, 2.05) is 36.4 Å². The van der Waals surface area contributed by atoms with Gasteiger partial charge in [0, 0.05) is 35.7 Å². The van der Waals surface area contributed by atoms with E-state index >= 15 is 0 Å². The summed E-state index contributed by atoms with van der Waals surface area (Å²) in [6.45, 7) is 4.82. The molecule has 4 rings (SSSR count). The van der Waals surface area contributed by atoms with E-state index < -0.39 is 0 Å². The quantitative estimate of drug-likeness (QED) is 0.346. The maximum atomic E-state index is 9.18. The zero-order chi connectivity index (χ0) is 23.4. The van der Waals surface area contributed by atoms with Crippen molar-refractivity contribution in [1.82, 2.24) is 4.90 Å². The minimum absolute atomic E-state index is 0.118. The highest BCUT2D eigenvalue weighted by atomic mass is 35.5. The van der Waals surface area contributed by atoms with Crippen molar-refractivity contribution in [3.05, 3.63) is 98.5 Å². The van der Waals surface area contributed by atoms with E-state index in [4.69, 9.17) is 34.8 Å². The van der Waals surface area contributed by atoms with Gasteiger partial charge in [-0.3, -0.25) is 4.90 Å². The molecule has 0 amide bonds. The molecule has 0 aromatic heterocycles. The molecule has 0 N–H and O–H groups in total. The summed E-state index contributed by atoms with van der Waals surface area (Å²) in [5, 5.41) is 11.2. The molecule has 1 fully saturated rings. The third-order valence-electron chi connectivity index (χ3n) is 6.31. The number of hydrogen-bond donors (Lipinski definition) is 0. The number of nitrogens with zero attached hydrogens (tertiary/aromatic N) is 3. The van der Waals surface area contributed by atoms with Crippen molar-refractivity contribution in [1.29, 1.82) is 5.26 Å². The fraction of sp³-hybridized carbons (Fsp3) is 0.296. The van der Waals surface area contributed by atoms with Crippen LogP contribution < -0.4 is 4.90 Å². The van der Waals surface area contributed by atoms with E-state index in [1.165, 1.54) is 11.1 Å². The van der Waals surface area contributed by atoms with E-state index in [-0.39, 0.29) is 6.04 Å². The third-order valence-corrected chi connectivity index (χ3v) is 7.10. The number of halogens is 3. The van der Waals surface area contributed by atoms with Gasteiger partial charge in [-0.15, -0.1) is 0 Å². The fourth-order valence-corrected chi connectivity index (χ4v) is 5.32. The molecule has 2 atom stereocenters. The molecule has 1 aliphatic heterocycles. The molecule has 1 unspecified atom stereocenters. The van der Waals surface area contributed by atoms with Gasteiger partial charge < -0.3 is 4.90 Å². The van der Waals surface area contributed by atoms with Gasteiger partial charge in [0.15, 0.2) is 0 Å². The molecule has 0 bridgehead atoms. The van der Waals surface area contributed by atoms with Crippen molar-refractivity contribution in [2.45, 2.75) is 31.8 Å². The van der Waals surface area contributed by atoms with Crippen LogP contribution in [0.3, 0.4) is 0 Å². The van der Waals surface area contributed by atoms with Crippen LogP contribution in [-0.2, 0) is 0 Å². The molecule has 1 aliphatic rings. The lowest BCUT2D eigenvalue weighted by molar-refractivity contribution is 0.152. The van der Waals surface area contributed by atoms with Crippen molar-refractivity contribution < 1.29 is 0 Å². The van der Waals surface area contributed by atoms with E-state index in [0.717, 1.165) is 43.2 Å². The van der Waals surface area contributed by atoms with E-state index in [9.17, 15) is 5.26 Å². The van der Waals surface area contributed by atoms with Crippen LogP contribution in [0.2, 0.25) is 15.1 Å². The SMILES string of the molecule is CCCC(c1ccc(C#N)cc1)N1CCN(c2ccc(Cl)cc2Cl)[C@H](c2ccc(Cl)cc2)C1. The molecule has 3 nitrogen and oxygen atoms in total. The summed E-state index contributed by atoms with van der Waals surface area (Å²) >= 11 is 19.0. The summed E-state index contributed by atoms with van der Waals surface area (Å²) in [5.74, 6) is 0. The molecule has 1 saturated heterocycles. The zero-order valence-electron chi connectivity index (χ0n) is 18.5. The van der Waals surface area contributed by atoms with Crippen molar-refractivity contribution >= 4 is 40.5 Å². The van der Waals surface area contributed by atoms with Crippen LogP contribution in [0.15, 0.2) is 66.7 Å². The predicted octanol–water partition coefficient (Wildman–Crippen LogP) is 7.92. The van der Waals surface area contributed by atoms with E-state index in [1.54, 1.807) is 6.07 Å². The zero-order valence-corrected chi connectivity index (χ0v) is 20.8. The summed E-state index contributed by atoms with van der Waals surface area (Å²) in [4.78, 5) is 4.94. The summed E-state index contributed by atoms with van der Waals surface area (Å²) < 4.78 is 0. The number of benzene rings is 3. The van der Waals surface area contributed by atoms with Gasteiger partial charge in [-0.2, -0.15) is 5.26 Å². The van der Waals surface area contributed by atoms with Crippen LogP contribution in [-0.4, -0.2) is 24.5 Å². The van der Waals surface area contributed by atoms with E-state index in [0.29, 0.717) is 21.7 Å². The largest absolute Gasteiger partial charge is 0.361 e. The number of piperazine rings is 1. The van der Waals surface area contributed by atoms with Gasteiger partial charge in [0.25, 0.3) is 0 Å². The number of rotatable bonds is 6. The minimum Gasteiger partial charge on any atom is -0.361 e. The molecule has 33 heavy (non-hydrogen) atoms. The van der Waals surface area contributed by atoms with Crippen LogP contribution in [0.25, 0.3) is 0 Å². The first kappa shape index (κ1) is 23.9. The Morgan fingerprint density at radius 3 is 2.27 bits per heavy atom. The van der Waals surface area contributed by atoms with Crippen LogP contribution in [0.1, 0.15) is 48.5 Å². The Bertz CT molecular complexity index is 1120. The van der Waals surface area contributed by atoms with Crippen LogP contribution in [0.5, 0.6) is 0 Å². The van der Waals surface area contributed by atoms with Crippen molar-refractivity contribution in [3.8, 4) is 6.07 Å². The highest BCUT2D eigenvalue weighted by molar-refractivity contribution is 6.36. The Morgan fingerprint density at radius 2 is 1.64 bits per heavy atom. The molecule has 0 saturated carbocycles. The Kier molecular flexibility index (Phi) is 7.83. The smallest absolute Gasteiger partial charge is 0.0991 e. The highest BCUT2D eigenvalue weighted by Gasteiger charge is 2.33. The highest BCUT2D eigenvalue weighted by Crippen LogP contribution is 2.39. The summed E-state index contributed by atoms with van der Waals surface area (Å²) in [6.07, 6.45) is 2.14. The van der Waals surface area contributed by atoms with E-state index in [2.05, 4.69) is 47.1 Å². The van der Waals surface area contributed by atoms with Crippen LogP contribution in [0, 0.1) is 11.3 Å². The number of anilines is 1. The van der Waals surface area contributed by atoms with Crippen LogP contribution in [0.4, 0.5) is 5.69 Å². The molecule has 1 heterocycles. The molecule has 0 aliphatic carbocycles. The Labute approximate surface area is 211 Å². The number of nitriles is 1. The van der Waals surface area contributed by atoms with Gasteiger partial charge in [0.2, 0.25) is 0 Å². The standard InChI is InChI=1S/C27H26Cl3N3/c1-2-3-25(20-6-4-19(17-31)5-7-20)32-14-15-33(26-13-12-23(29)16-24(26)30)27(18-32)21-8-10-22(28)11-9-21/h4-13,16,25,27H,2-3,14-15,18H2,1H3/t25?,27-/m0/s1. The minimum atomic E-state index is 0.118. The van der Waals surface area contributed by atoms with Crippen molar-refractivity contribution in [2.24, 2.45) is 0 Å². The second kappa shape index (κ2) is 10.8. The lowest BCUT2D eigenvalue weighted by atomic mass is 9.95. The normalized spacial score (nSPS) is 17.5. The van der Waals surface area contributed by atoms with Gasteiger partial charge in [0.05, 0.1) is 28.4 Å². The molecule has 3 aromatic rings. The van der Waals surface area contributed by atoms with Crippen LogP contribution >= 0.6 is 34.8 Å². The molecular formula is C27H26Cl3N3. The summed E-state index contributed by atoms with van der Waals surface area (Å²) in [7, 11) is 0. The molecule has 6 heteroatoms. The van der Waals surface area contributed by atoms with Gasteiger partial charge in [-0.1, -0.05) is 72.4 Å². The molecule has 0 radical (unpaired) electrons. The maximum Gasteiger partial charge on any atom is 0.0991 e. The lowest BCUT2D eigenvalue weighted by Crippen LogP contribution is -2.49. The maximum absolute atomic E-state index is 9.18. The number of hydrogen-bond acceptors (Lipinski definition) is 3. The monoisotopic (exact) mass is 497 g/mol. The fourth-order valence-electron chi connectivity index (χ4n) is 4.67. The Balaban J connectivity index is 1.68. The molecule has 170 valence electrons. The predicted molar refractivity (Wildman–Crippen MR) is 138 cm³/mol. The lowest BCUT2D eigenvalue weighted by Gasteiger charge is -2.46. The van der Waals surface area contributed by atoms with Gasteiger partial charge in [-0.05, 0) is 60.0 Å². The first-order chi connectivity index (χ1) is 16.0. The summed E-state index contributed by atoms with van der Waals surface area (Å²) in [6, 6.07) is 24.5. The topological polar surface area (TPSA) is 30.3 Å². The Morgan fingerprint density at radius 1 is 0.939 bits per heavy atom. The first-order valence-electron chi connectivity index (χ1n) is 11.2.